The average molecular weight is 457 g/mol. The monoisotopic (exact) mass is 456 g/mol. The van der Waals surface area contributed by atoms with Gasteiger partial charge in [-0.1, -0.05) is 24.3 Å². The molecule has 2 aromatic rings. The number of sulfonamides is 1. The SMILES string of the molecule is Cc1ccc(C2CCCN2C(=O)c2cccc(S(=O)(=O)N3CC(C)OC(C)C3)c2)cc1C. The normalized spacial score (nSPS) is 24.6. The van der Waals surface area contributed by atoms with Gasteiger partial charge in [-0.15, -0.1) is 0 Å². The van der Waals surface area contributed by atoms with Crippen molar-refractivity contribution in [2.75, 3.05) is 19.6 Å². The fourth-order valence-electron chi connectivity index (χ4n) is 4.76. The summed E-state index contributed by atoms with van der Waals surface area (Å²) < 4.78 is 33.7. The van der Waals surface area contributed by atoms with Gasteiger partial charge in [0.25, 0.3) is 5.91 Å². The lowest BCUT2D eigenvalue weighted by atomic mass is 9.99. The number of carbonyl (C=O) groups is 1. The lowest BCUT2D eigenvalue weighted by Gasteiger charge is -2.34. The van der Waals surface area contributed by atoms with Crippen molar-refractivity contribution >= 4 is 15.9 Å². The summed E-state index contributed by atoms with van der Waals surface area (Å²) in [6.07, 6.45) is 1.52. The fraction of sp³-hybridized carbons (Fsp3) is 0.480. The van der Waals surface area contributed by atoms with E-state index in [0.29, 0.717) is 25.2 Å². The highest BCUT2D eigenvalue weighted by atomic mass is 32.2. The van der Waals surface area contributed by atoms with E-state index in [1.807, 2.05) is 18.7 Å². The van der Waals surface area contributed by atoms with E-state index in [1.165, 1.54) is 21.5 Å². The maximum Gasteiger partial charge on any atom is 0.254 e. The highest BCUT2D eigenvalue weighted by Gasteiger charge is 2.34. The minimum Gasteiger partial charge on any atom is -0.373 e. The molecule has 2 aliphatic rings. The average Bonchev–Trinajstić information content (AvgIpc) is 3.24. The summed E-state index contributed by atoms with van der Waals surface area (Å²) in [5.74, 6) is -0.119. The quantitative estimate of drug-likeness (QED) is 0.695. The number of aryl methyl sites for hydroxylation is 2. The van der Waals surface area contributed by atoms with E-state index in [1.54, 1.807) is 18.2 Å². The largest absolute Gasteiger partial charge is 0.373 e. The molecule has 7 heteroatoms. The Morgan fingerprint density at radius 3 is 2.41 bits per heavy atom. The first kappa shape index (κ1) is 23.0. The Morgan fingerprint density at radius 2 is 1.72 bits per heavy atom. The molecular weight excluding hydrogens is 424 g/mol. The molecule has 2 aromatic carbocycles. The third-order valence-corrected chi connectivity index (χ3v) is 8.36. The standard InChI is InChI=1S/C25H32N2O4S/c1-17-10-11-21(13-18(17)2)24-9-6-12-27(24)25(28)22-7-5-8-23(14-22)32(29,30)26-15-19(3)31-20(4)16-26/h5,7-8,10-11,13-14,19-20,24H,6,9,12,15-16H2,1-4H3. The number of nitrogens with zero attached hydrogens (tertiary/aromatic N) is 2. The van der Waals surface area contributed by atoms with Crippen LogP contribution < -0.4 is 0 Å². The summed E-state index contributed by atoms with van der Waals surface area (Å²) in [5, 5.41) is 0. The first-order valence-electron chi connectivity index (χ1n) is 11.3. The fourth-order valence-corrected chi connectivity index (χ4v) is 6.40. The van der Waals surface area contributed by atoms with Crippen molar-refractivity contribution in [2.45, 2.75) is 63.7 Å². The maximum absolute atomic E-state index is 13.4. The predicted octanol–water partition coefficient (Wildman–Crippen LogP) is 4.08. The second kappa shape index (κ2) is 8.96. The third kappa shape index (κ3) is 4.47. The second-order valence-electron chi connectivity index (χ2n) is 9.11. The molecule has 2 heterocycles. The molecule has 2 saturated heterocycles. The first-order chi connectivity index (χ1) is 15.2. The van der Waals surface area contributed by atoms with Crippen molar-refractivity contribution in [3.63, 3.8) is 0 Å². The number of benzene rings is 2. The van der Waals surface area contributed by atoms with Crippen LogP contribution in [0.2, 0.25) is 0 Å². The first-order valence-corrected chi connectivity index (χ1v) is 12.7. The summed E-state index contributed by atoms with van der Waals surface area (Å²) in [7, 11) is -3.70. The Morgan fingerprint density at radius 1 is 1.00 bits per heavy atom. The Kier molecular flexibility index (Phi) is 6.43. The molecule has 3 atom stereocenters. The van der Waals surface area contributed by atoms with Crippen LogP contribution in [0.5, 0.6) is 0 Å². The van der Waals surface area contributed by atoms with Gasteiger partial charge in [-0.2, -0.15) is 4.31 Å². The van der Waals surface area contributed by atoms with Crippen LogP contribution in [0.25, 0.3) is 0 Å². The van der Waals surface area contributed by atoms with Crippen LogP contribution in [0.15, 0.2) is 47.4 Å². The molecule has 6 nitrogen and oxygen atoms in total. The van der Waals surface area contributed by atoms with E-state index in [2.05, 4.69) is 32.0 Å². The molecule has 0 radical (unpaired) electrons. The molecule has 0 saturated carbocycles. The van der Waals surface area contributed by atoms with Crippen molar-refractivity contribution in [1.82, 2.24) is 9.21 Å². The van der Waals surface area contributed by atoms with E-state index in [4.69, 9.17) is 4.74 Å². The van der Waals surface area contributed by atoms with Gasteiger partial charge in [0.15, 0.2) is 0 Å². The zero-order valence-corrected chi connectivity index (χ0v) is 20.1. The lowest BCUT2D eigenvalue weighted by Crippen LogP contribution is -2.48. The molecule has 0 N–H and O–H groups in total. The van der Waals surface area contributed by atoms with Crippen molar-refractivity contribution in [1.29, 1.82) is 0 Å². The number of hydrogen-bond donors (Lipinski definition) is 0. The maximum atomic E-state index is 13.4. The summed E-state index contributed by atoms with van der Waals surface area (Å²) >= 11 is 0. The number of ether oxygens (including phenoxy) is 1. The zero-order valence-electron chi connectivity index (χ0n) is 19.2. The second-order valence-corrected chi connectivity index (χ2v) is 11.0. The lowest BCUT2D eigenvalue weighted by molar-refractivity contribution is -0.0440. The third-order valence-electron chi connectivity index (χ3n) is 6.53. The molecule has 0 spiro atoms. The highest BCUT2D eigenvalue weighted by Crippen LogP contribution is 2.34. The number of morpholine rings is 1. The predicted molar refractivity (Wildman–Crippen MR) is 124 cm³/mol. The van der Waals surface area contributed by atoms with Crippen LogP contribution in [-0.4, -0.2) is 55.4 Å². The van der Waals surface area contributed by atoms with Crippen molar-refractivity contribution in [2.24, 2.45) is 0 Å². The van der Waals surface area contributed by atoms with Gasteiger partial charge in [-0.25, -0.2) is 8.42 Å². The van der Waals surface area contributed by atoms with Gasteiger partial charge in [0, 0.05) is 25.2 Å². The van der Waals surface area contributed by atoms with E-state index >= 15 is 0 Å². The number of amides is 1. The molecule has 4 rings (SSSR count). The van der Waals surface area contributed by atoms with Gasteiger partial charge in [0.2, 0.25) is 10.0 Å². The van der Waals surface area contributed by atoms with Crippen LogP contribution in [0.3, 0.4) is 0 Å². The van der Waals surface area contributed by atoms with Gasteiger partial charge in [0.1, 0.15) is 0 Å². The van der Waals surface area contributed by atoms with Gasteiger partial charge >= 0.3 is 0 Å². The van der Waals surface area contributed by atoms with Gasteiger partial charge < -0.3 is 9.64 Å². The minimum absolute atomic E-state index is 0.0167. The zero-order chi connectivity index (χ0) is 23.0. The molecule has 1 amide bonds. The molecule has 172 valence electrons. The van der Waals surface area contributed by atoms with Gasteiger partial charge in [-0.3, -0.25) is 4.79 Å². The van der Waals surface area contributed by atoms with Gasteiger partial charge in [-0.05, 0) is 75.4 Å². The van der Waals surface area contributed by atoms with E-state index in [9.17, 15) is 13.2 Å². The number of hydrogen-bond acceptors (Lipinski definition) is 4. The van der Waals surface area contributed by atoms with E-state index in [0.717, 1.165) is 18.4 Å². The Bertz CT molecular complexity index is 1100. The minimum atomic E-state index is -3.70. The summed E-state index contributed by atoms with van der Waals surface area (Å²) in [5.41, 5.74) is 3.99. The van der Waals surface area contributed by atoms with Crippen LogP contribution in [-0.2, 0) is 14.8 Å². The molecular formula is C25H32N2O4S. The topological polar surface area (TPSA) is 66.9 Å². The highest BCUT2D eigenvalue weighted by molar-refractivity contribution is 7.89. The number of carbonyl (C=O) groups excluding carboxylic acids is 1. The van der Waals surface area contributed by atoms with E-state index < -0.39 is 10.0 Å². The molecule has 32 heavy (non-hydrogen) atoms. The Hall–Kier alpha value is -2.22. The smallest absolute Gasteiger partial charge is 0.254 e. The van der Waals surface area contributed by atoms with Crippen LogP contribution in [0.1, 0.15) is 59.8 Å². The summed E-state index contributed by atoms with van der Waals surface area (Å²) in [6.45, 7) is 9.21. The molecule has 0 aliphatic carbocycles. The van der Waals surface area contributed by atoms with Crippen LogP contribution >= 0.6 is 0 Å². The van der Waals surface area contributed by atoms with Crippen LogP contribution in [0, 0.1) is 13.8 Å². The van der Waals surface area contributed by atoms with Crippen molar-refractivity contribution in [3.8, 4) is 0 Å². The van der Waals surface area contributed by atoms with Crippen molar-refractivity contribution < 1.29 is 17.9 Å². The van der Waals surface area contributed by atoms with Gasteiger partial charge in [0.05, 0.1) is 23.1 Å². The number of likely N-dealkylation sites (tertiary alicyclic amines) is 1. The molecule has 0 bridgehead atoms. The van der Waals surface area contributed by atoms with Crippen LogP contribution in [0.4, 0.5) is 0 Å². The molecule has 3 unspecified atom stereocenters. The Labute approximate surface area is 191 Å². The van der Waals surface area contributed by atoms with Crippen molar-refractivity contribution in [3.05, 3.63) is 64.7 Å². The summed E-state index contributed by atoms with van der Waals surface area (Å²) in [6, 6.07) is 12.8. The Balaban J connectivity index is 1.60. The molecule has 2 fully saturated rings. The molecule has 2 aliphatic heterocycles. The summed E-state index contributed by atoms with van der Waals surface area (Å²) in [4.78, 5) is 15.5. The van der Waals surface area contributed by atoms with E-state index in [-0.39, 0.29) is 29.1 Å². The molecule has 0 aromatic heterocycles. The number of rotatable bonds is 4.